The predicted molar refractivity (Wildman–Crippen MR) is 78.4 cm³/mol. The lowest BCUT2D eigenvalue weighted by Crippen LogP contribution is -1.94. The number of ether oxygens (including phenoxy) is 1. The first-order chi connectivity index (χ1) is 9.83. The smallest absolute Gasteiger partial charge is 0.221 e. The summed E-state index contributed by atoms with van der Waals surface area (Å²) in [5, 5.41) is 10.3. The minimum atomic E-state index is 0.534. The summed E-state index contributed by atoms with van der Waals surface area (Å²) in [7, 11) is 1.59. The van der Waals surface area contributed by atoms with E-state index in [4.69, 9.17) is 4.74 Å². The molecule has 0 bridgehead atoms. The summed E-state index contributed by atoms with van der Waals surface area (Å²) >= 11 is 0. The van der Waals surface area contributed by atoms with Crippen LogP contribution < -0.4 is 4.74 Å². The third-order valence-electron chi connectivity index (χ3n) is 3.22. The van der Waals surface area contributed by atoms with Crippen molar-refractivity contribution in [2.45, 2.75) is 0 Å². The van der Waals surface area contributed by atoms with E-state index in [0.29, 0.717) is 11.4 Å². The van der Waals surface area contributed by atoms with Crippen molar-refractivity contribution in [1.29, 1.82) is 5.26 Å². The van der Waals surface area contributed by atoms with Gasteiger partial charge in [0.15, 0.2) is 0 Å². The van der Waals surface area contributed by atoms with Gasteiger partial charge in [0.05, 0.1) is 24.3 Å². The number of fused-ring (bicyclic) bond motifs is 1. The molecule has 3 heteroatoms. The number of aromatic nitrogens is 1. The van der Waals surface area contributed by atoms with E-state index in [0.717, 1.165) is 22.0 Å². The normalized spacial score (nSPS) is 10.2. The molecule has 1 aromatic heterocycles. The van der Waals surface area contributed by atoms with Crippen molar-refractivity contribution < 1.29 is 4.74 Å². The summed E-state index contributed by atoms with van der Waals surface area (Å²) in [4.78, 5) is 4.51. The summed E-state index contributed by atoms with van der Waals surface area (Å²) in [5.74, 6) is 0.534. The number of pyridine rings is 1. The molecule has 0 N–H and O–H groups in total. The zero-order valence-electron chi connectivity index (χ0n) is 11.0. The Morgan fingerprint density at radius 3 is 2.55 bits per heavy atom. The van der Waals surface area contributed by atoms with Gasteiger partial charge in [-0.1, -0.05) is 36.4 Å². The fourth-order valence-corrected chi connectivity index (χ4v) is 2.26. The summed E-state index contributed by atoms with van der Waals surface area (Å²) in [6, 6.07) is 19.5. The second-order valence-electron chi connectivity index (χ2n) is 4.40. The maximum atomic E-state index is 9.25. The van der Waals surface area contributed by atoms with Crippen molar-refractivity contribution in [2.24, 2.45) is 0 Å². The molecule has 0 aliphatic heterocycles. The SMILES string of the molecule is COc1nc2ccccc2cc1-c1ccccc1C#N. The van der Waals surface area contributed by atoms with Gasteiger partial charge in [0.2, 0.25) is 5.88 Å². The lowest BCUT2D eigenvalue weighted by Gasteiger charge is -2.10. The molecule has 0 radical (unpaired) electrons. The van der Waals surface area contributed by atoms with E-state index in [-0.39, 0.29) is 0 Å². The van der Waals surface area contributed by atoms with Gasteiger partial charge in [-0.3, -0.25) is 0 Å². The van der Waals surface area contributed by atoms with Crippen LogP contribution in [-0.4, -0.2) is 12.1 Å². The zero-order chi connectivity index (χ0) is 13.9. The van der Waals surface area contributed by atoms with E-state index in [2.05, 4.69) is 11.1 Å². The fraction of sp³-hybridized carbons (Fsp3) is 0.0588. The molecule has 0 unspecified atom stereocenters. The van der Waals surface area contributed by atoms with E-state index in [9.17, 15) is 5.26 Å². The van der Waals surface area contributed by atoms with Crippen LogP contribution in [0.25, 0.3) is 22.0 Å². The second-order valence-corrected chi connectivity index (χ2v) is 4.40. The summed E-state index contributed by atoms with van der Waals surface area (Å²) in [6.07, 6.45) is 0. The molecule has 2 aromatic carbocycles. The molecule has 96 valence electrons. The number of nitrogens with zero attached hydrogens (tertiary/aromatic N) is 2. The molecule has 0 atom stereocenters. The average molecular weight is 260 g/mol. The van der Waals surface area contributed by atoms with Gasteiger partial charge in [-0.2, -0.15) is 5.26 Å². The van der Waals surface area contributed by atoms with Crippen LogP contribution in [0.4, 0.5) is 0 Å². The molecule has 20 heavy (non-hydrogen) atoms. The summed E-state index contributed by atoms with van der Waals surface area (Å²) in [6.45, 7) is 0. The molecular weight excluding hydrogens is 248 g/mol. The zero-order valence-corrected chi connectivity index (χ0v) is 11.0. The maximum Gasteiger partial charge on any atom is 0.221 e. The van der Waals surface area contributed by atoms with E-state index in [1.165, 1.54) is 0 Å². The average Bonchev–Trinajstić information content (AvgIpc) is 2.53. The monoisotopic (exact) mass is 260 g/mol. The Hall–Kier alpha value is -2.86. The Bertz CT molecular complexity index is 819. The third-order valence-corrected chi connectivity index (χ3v) is 3.22. The van der Waals surface area contributed by atoms with Crippen LogP contribution in [0, 0.1) is 11.3 Å². The minimum Gasteiger partial charge on any atom is -0.481 e. The van der Waals surface area contributed by atoms with Crippen LogP contribution in [0.15, 0.2) is 54.6 Å². The van der Waals surface area contributed by atoms with Gasteiger partial charge in [-0.15, -0.1) is 0 Å². The van der Waals surface area contributed by atoms with Gasteiger partial charge >= 0.3 is 0 Å². The maximum absolute atomic E-state index is 9.25. The number of benzene rings is 2. The number of nitriles is 1. The number of rotatable bonds is 2. The van der Waals surface area contributed by atoms with Crippen LogP contribution in [0.1, 0.15) is 5.56 Å². The molecule has 0 fully saturated rings. The molecule has 0 saturated heterocycles. The van der Waals surface area contributed by atoms with Crippen molar-refractivity contribution in [3.63, 3.8) is 0 Å². The van der Waals surface area contributed by atoms with Gasteiger partial charge in [-0.25, -0.2) is 4.98 Å². The second kappa shape index (κ2) is 5.02. The molecule has 3 nitrogen and oxygen atoms in total. The first kappa shape index (κ1) is 12.2. The third kappa shape index (κ3) is 1.98. The number of hydrogen-bond donors (Lipinski definition) is 0. The Labute approximate surface area is 117 Å². The molecule has 3 aromatic rings. The highest BCUT2D eigenvalue weighted by molar-refractivity contribution is 5.87. The number of methoxy groups -OCH3 is 1. The van der Waals surface area contributed by atoms with Crippen molar-refractivity contribution in [1.82, 2.24) is 4.98 Å². The highest BCUT2D eigenvalue weighted by atomic mass is 16.5. The van der Waals surface area contributed by atoms with Crippen molar-refractivity contribution in [3.05, 3.63) is 60.2 Å². The summed E-state index contributed by atoms with van der Waals surface area (Å²) in [5.41, 5.74) is 3.17. The Kier molecular flexibility index (Phi) is 3.06. The topological polar surface area (TPSA) is 45.9 Å². The van der Waals surface area contributed by atoms with Crippen LogP contribution in [0.5, 0.6) is 5.88 Å². The van der Waals surface area contributed by atoms with Crippen LogP contribution in [0.2, 0.25) is 0 Å². The number of para-hydroxylation sites is 1. The molecule has 0 spiro atoms. The standard InChI is InChI=1S/C17H12N2O/c1-20-17-15(14-8-4-2-7-13(14)11-18)10-12-6-3-5-9-16(12)19-17/h2-10H,1H3. The van der Waals surface area contributed by atoms with Crippen LogP contribution in [-0.2, 0) is 0 Å². The van der Waals surface area contributed by atoms with Gasteiger partial charge in [0, 0.05) is 16.5 Å². The van der Waals surface area contributed by atoms with E-state index < -0.39 is 0 Å². The quantitative estimate of drug-likeness (QED) is 0.704. The van der Waals surface area contributed by atoms with Crippen LogP contribution in [0.3, 0.4) is 0 Å². The van der Waals surface area contributed by atoms with Gasteiger partial charge in [-0.05, 0) is 18.2 Å². The Morgan fingerprint density at radius 1 is 1.00 bits per heavy atom. The van der Waals surface area contributed by atoms with E-state index in [1.54, 1.807) is 13.2 Å². The lowest BCUT2D eigenvalue weighted by molar-refractivity contribution is 0.401. The van der Waals surface area contributed by atoms with E-state index >= 15 is 0 Å². The number of hydrogen-bond acceptors (Lipinski definition) is 3. The van der Waals surface area contributed by atoms with Gasteiger partial charge < -0.3 is 4.74 Å². The Morgan fingerprint density at radius 2 is 1.75 bits per heavy atom. The molecule has 0 amide bonds. The predicted octanol–water partition coefficient (Wildman–Crippen LogP) is 3.78. The largest absolute Gasteiger partial charge is 0.481 e. The fourth-order valence-electron chi connectivity index (χ4n) is 2.26. The highest BCUT2D eigenvalue weighted by Crippen LogP contribution is 2.33. The van der Waals surface area contributed by atoms with Gasteiger partial charge in [0.1, 0.15) is 0 Å². The van der Waals surface area contributed by atoms with Crippen molar-refractivity contribution in [3.8, 4) is 23.1 Å². The van der Waals surface area contributed by atoms with Crippen LogP contribution >= 0.6 is 0 Å². The Balaban J connectivity index is 2.32. The molecule has 3 rings (SSSR count). The van der Waals surface area contributed by atoms with Crippen molar-refractivity contribution >= 4 is 10.9 Å². The molecule has 0 aliphatic rings. The minimum absolute atomic E-state index is 0.534. The molecule has 1 heterocycles. The van der Waals surface area contributed by atoms with E-state index in [1.807, 2.05) is 48.5 Å². The molecular formula is C17H12N2O. The first-order valence-electron chi connectivity index (χ1n) is 6.27. The summed E-state index contributed by atoms with van der Waals surface area (Å²) < 4.78 is 5.39. The molecule has 0 aliphatic carbocycles. The lowest BCUT2D eigenvalue weighted by atomic mass is 10.00. The van der Waals surface area contributed by atoms with Gasteiger partial charge in [0.25, 0.3) is 0 Å². The first-order valence-corrected chi connectivity index (χ1v) is 6.27. The van der Waals surface area contributed by atoms with Crippen molar-refractivity contribution in [2.75, 3.05) is 7.11 Å². The molecule has 0 saturated carbocycles. The highest BCUT2D eigenvalue weighted by Gasteiger charge is 2.12.